The minimum atomic E-state index is -0.217. The van der Waals surface area contributed by atoms with Crippen molar-refractivity contribution in [1.29, 1.82) is 0 Å². The number of benzene rings is 1. The third-order valence-corrected chi connectivity index (χ3v) is 4.85. The summed E-state index contributed by atoms with van der Waals surface area (Å²) in [6.07, 6.45) is 11.2. The van der Waals surface area contributed by atoms with Gasteiger partial charge in [-0.15, -0.1) is 0 Å². The molecule has 0 atom stereocenters. The van der Waals surface area contributed by atoms with Crippen LogP contribution in [0.5, 0.6) is 5.75 Å². The summed E-state index contributed by atoms with van der Waals surface area (Å²) >= 11 is 0. The molecule has 142 valence electrons. The largest absolute Gasteiger partial charge is 0.494 e. The zero-order chi connectivity index (χ0) is 17.7. The van der Waals surface area contributed by atoms with Crippen LogP contribution >= 0.6 is 0 Å². The summed E-state index contributed by atoms with van der Waals surface area (Å²) in [5.41, 5.74) is 1.09. The van der Waals surface area contributed by atoms with Gasteiger partial charge in [0.25, 0.3) is 0 Å². The van der Waals surface area contributed by atoms with E-state index in [1.165, 1.54) is 51.4 Å². The van der Waals surface area contributed by atoms with Crippen molar-refractivity contribution in [2.45, 2.75) is 77.9 Å². The molecule has 1 aliphatic heterocycles. The van der Waals surface area contributed by atoms with E-state index in [2.05, 4.69) is 26.0 Å². The summed E-state index contributed by atoms with van der Waals surface area (Å²) < 4.78 is 17.7. The minimum Gasteiger partial charge on any atom is -0.494 e. The second-order valence-corrected chi connectivity index (χ2v) is 7.19. The van der Waals surface area contributed by atoms with E-state index in [0.29, 0.717) is 5.92 Å². The molecule has 3 heteroatoms. The summed E-state index contributed by atoms with van der Waals surface area (Å²) in [6.45, 7) is 6.90. The first-order valence-corrected chi connectivity index (χ1v) is 10.3. The zero-order valence-electron chi connectivity index (χ0n) is 16.2. The van der Waals surface area contributed by atoms with Crippen LogP contribution in [0, 0.1) is 5.92 Å². The lowest BCUT2D eigenvalue weighted by molar-refractivity contribution is -0.206. The fourth-order valence-corrected chi connectivity index (χ4v) is 3.20. The van der Waals surface area contributed by atoms with Gasteiger partial charge in [-0.2, -0.15) is 0 Å². The highest BCUT2D eigenvalue weighted by atomic mass is 16.7. The molecule has 3 nitrogen and oxygen atoms in total. The Bertz CT molecular complexity index is 435. The maximum absolute atomic E-state index is 5.94. The van der Waals surface area contributed by atoms with Gasteiger partial charge < -0.3 is 14.2 Å². The van der Waals surface area contributed by atoms with Gasteiger partial charge in [-0.05, 0) is 25.0 Å². The van der Waals surface area contributed by atoms with E-state index in [-0.39, 0.29) is 6.29 Å². The smallest absolute Gasteiger partial charge is 0.183 e. The van der Waals surface area contributed by atoms with Crippen LogP contribution in [0.1, 0.15) is 83.5 Å². The van der Waals surface area contributed by atoms with Crippen LogP contribution < -0.4 is 4.74 Å². The van der Waals surface area contributed by atoms with Crippen LogP contribution in [0.25, 0.3) is 0 Å². The van der Waals surface area contributed by atoms with Crippen molar-refractivity contribution in [1.82, 2.24) is 0 Å². The van der Waals surface area contributed by atoms with E-state index >= 15 is 0 Å². The molecule has 0 radical (unpaired) electrons. The quantitative estimate of drug-likeness (QED) is 0.416. The molecule has 1 fully saturated rings. The van der Waals surface area contributed by atoms with Crippen molar-refractivity contribution in [3.8, 4) is 5.75 Å². The average molecular weight is 349 g/mol. The molecule has 25 heavy (non-hydrogen) atoms. The lowest BCUT2D eigenvalue weighted by Crippen LogP contribution is -2.27. The number of hydrogen-bond donors (Lipinski definition) is 0. The Morgan fingerprint density at radius 3 is 2.12 bits per heavy atom. The van der Waals surface area contributed by atoms with Gasteiger partial charge in [0, 0.05) is 11.5 Å². The molecule has 0 unspecified atom stereocenters. The normalized spacial score (nSPS) is 20.6. The standard InChI is InChI=1S/C22H36O3/c1-3-5-7-9-11-19-17-24-22(25-18-19)20-12-14-21(15-13-20)23-16-10-8-6-4-2/h12-15,19,22H,3-11,16-18H2,1-2H3. The maximum Gasteiger partial charge on any atom is 0.183 e. The van der Waals surface area contributed by atoms with E-state index in [0.717, 1.165) is 37.6 Å². The SMILES string of the molecule is CCCCCCOc1ccc(C2OCC(CCCCCC)CO2)cc1. The molecular formula is C22H36O3. The number of rotatable bonds is 12. The highest BCUT2D eigenvalue weighted by molar-refractivity contribution is 5.28. The maximum atomic E-state index is 5.94. The lowest BCUT2D eigenvalue weighted by Gasteiger charge is -2.29. The fourth-order valence-electron chi connectivity index (χ4n) is 3.20. The van der Waals surface area contributed by atoms with E-state index in [1.807, 2.05) is 12.1 Å². The molecule has 0 aromatic heterocycles. The number of ether oxygens (including phenoxy) is 3. The second kappa shape index (κ2) is 12.3. The Kier molecular flexibility index (Phi) is 9.98. The topological polar surface area (TPSA) is 27.7 Å². The monoisotopic (exact) mass is 348 g/mol. The third kappa shape index (κ3) is 7.79. The van der Waals surface area contributed by atoms with Gasteiger partial charge >= 0.3 is 0 Å². The van der Waals surface area contributed by atoms with Crippen molar-refractivity contribution >= 4 is 0 Å². The molecule has 1 aliphatic rings. The van der Waals surface area contributed by atoms with Crippen molar-refractivity contribution < 1.29 is 14.2 Å². The van der Waals surface area contributed by atoms with Crippen LogP contribution in [0.15, 0.2) is 24.3 Å². The Morgan fingerprint density at radius 2 is 1.48 bits per heavy atom. The first-order chi connectivity index (χ1) is 12.3. The van der Waals surface area contributed by atoms with Gasteiger partial charge in [-0.25, -0.2) is 0 Å². The molecule has 0 spiro atoms. The fraction of sp³-hybridized carbons (Fsp3) is 0.727. The molecule has 0 bridgehead atoms. The van der Waals surface area contributed by atoms with Crippen LogP contribution in [-0.2, 0) is 9.47 Å². The van der Waals surface area contributed by atoms with Crippen molar-refractivity contribution in [2.75, 3.05) is 19.8 Å². The van der Waals surface area contributed by atoms with E-state index in [1.54, 1.807) is 0 Å². The first kappa shape index (κ1) is 20.3. The Morgan fingerprint density at radius 1 is 0.840 bits per heavy atom. The second-order valence-electron chi connectivity index (χ2n) is 7.19. The summed E-state index contributed by atoms with van der Waals surface area (Å²) in [5, 5.41) is 0. The lowest BCUT2D eigenvalue weighted by atomic mass is 10.0. The van der Waals surface area contributed by atoms with E-state index in [4.69, 9.17) is 14.2 Å². The molecule has 1 aromatic carbocycles. The van der Waals surface area contributed by atoms with Gasteiger partial charge in [-0.1, -0.05) is 70.9 Å². The molecule has 0 amide bonds. The zero-order valence-corrected chi connectivity index (χ0v) is 16.2. The number of unbranched alkanes of at least 4 members (excludes halogenated alkanes) is 6. The van der Waals surface area contributed by atoms with Crippen LogP contribution in [0.4, 0.5) is 0 Å². The predicted octanol–water partition coefficient (Wildman–Crippen LogP) is 6.28. The number of hydrogen-bond acceptors (Lipinski definition) is 3. The Hall–Kier alpha value is -1.06. The molecule has 0 N–H and O–H groups in total. The van der Waals surface area contributed by atoms with Crippen LogP contribution in [0.2, 0.25) is 0 Å². The third-order valence-electron chi connectivity index (χ3n) is 4.85. The van der Waals surface area contributed by atoms with Crippen LogP contribution in [0.3, 0.4) is 0 Å². The van der Waals surface area contributed by atoms with Crippen molar-refractivity contribution in [3.05, 3.63) is 29.8 Å². The van der Waals surface area contributed by atoms with E-state index < -0.39 is 0 Å². The highest BCUT2D eigenvalue weighted by Crippen LogP contribution is 2.28. The summed E-state index contributed by atoms with van der Waals surface area (Å²) in [7, 11) is 0. The van der Waals surface area contributed by atoms with E-state index in [9.17, 15) is 0 Å². The van der Waals surface area contributed by atoms with Gasteiger partial charge in [0.05, 0.1) is 19.8 Å². The summed E-state index contributed by atoms with van der Waals surface area (Å²) in [6, 6.07) is 8.18. The molecule has 1 aromatic rings. The molecular weight excluding hydrogens is 312 g/mol. The molecule has 0 aliphatic carbocycles. The van der Waals surface area contributed by atoms with Gasteiger partial charge in [0.2, 0.25) is 0 Å². The predicted molar refractivity (Wildman–Crippen MR) is 103 cm³/mol. The highest BCUT2D eigenvalue weighted by Gasteiger charge is 2.23. The minimum absolute atomic E-state index is 0.217. The Balaban J connectivity index is 1.65. The molecule has 1 saturated heterocycles. The van der Waals surface area contributed by atoms with Crippen molar-refractivity contribution in [3.63, 3.8) is 0 Å². The van der Waals surface area contributed by atoms with Crippen LogP contribution in [-0.4, -0.2) is 19.8 Å². The van der Waals surface area contributed by atoms with Gasteiger partial charge in [0.1, 0.15) is 5.75 Å². The molecule has 1 heterocycles. The first-order valence-electron chi connectivity index (χ1n) is 10.3. The van der Waals surface area contributed by atoms with Gasteiger partial charge in [0.15, 0.2) is 6.29 Å². The summed E-state index contributed by atoms with van der Waals surface area (Å²) in [5.74, 6) is 1.49. The molecule has 0 saturated carbocycles. The van der Waals surface area contributed by atoms with Crippen molar-refractivity contribution in [2.24, 2.45) is 5.92 Å². The Labute approximate surface area is 154 Å². The molecule has 2 rings (SSSR count). The summed E-state index contributed by atoms with van der Waals surface area (Å²) in [4.78, 5) is 0. The average Bonchev–Trinajstić information content (AvgIpc) is 2.66. The van der Waals surface area contributed by atoms with Gasteiger partial charge in [-0.3, -0.25) is 0 Å².